The minimum atomic E-state index is -2.63. The van der Waals surface area contributed by atoms with E-state index in [2.05, 4.69) is 0 Å². The van der Waals surface area contributed by atoms with Crippen LogP contribution < -0.4 is 5.73 Å². The Morgan fingerprint density at radius 3 is 2.27 bits per heavy atom. The lowest BCUT2D eigenvalue weighted by Crippen LogP contribution is -2.60. The van der Waals surface area contributed by atoms with Gasteiger partial charge in [-0.2, -0.15) is 8.78 Å². The lowest BCUT2D eigenvalue weighted by molar-refractivity contribution is -0.259. The maximum Gasteiger partial charge on any atom is 0.345 e. The van der Waals surface area contributed by atoms with Crippen molar-refractivity contribution in [1.29, 1.82) is 0 Å². The fourth-order valence-electron chi connectivity index (χ4n) is 4.32. The first-order chi connectivity index (χ1) is 7.08. The van der Waals surface area contributed by atoms with Crippen LogP contribution in [0.2, 0.25) is 0 Å². The van der Waals surface area contributed by atoms with Crippen LogP contribution in [0.15, 0.2) is 0 Å². The number of rotatable bonds is 2. The van der Waals surface area contributed by atoms with E-state index in [9.17, 15) is 8.78 Å². The Hall–Kier alpha value is -0.220. The van der Waals surface area contributed by atoms with Crippen molar-refractivity contribution in [1.82, 2.24) is 0 Å². The van der Waals surface area contributed by atoms with Gasteiger partial charge in [0, 0.05) is 6.04 Å². The second-order valence-electron chi connectivity index (χ2n) is 5.61. The van der Waals surface area contributed by atoms with Gasteiger partial charge in [-0.3, -0.25) is 0 Å². The predicted octanol–water partition coefficient (Wildman–Crippen LogP) is 2.13. The van der Waals surface area contributed by atoms with Crippen LogP contribution in [0.3, 0.4) is 0 Å². The van der Waals surface area contributed by atoms with E-state index in [1.54, 1.807) is 0 Å². The lowest BCUT2D eigenvalue weighted by atomic mass is 9.52. The van der Waals surface area contributed by atoms with Crippen LogP contribution in [0.1, 0.15) is 32.1 Å². The summed E-state index contributed by atoms with van der Waals surface area (Å²) >= 11 is 0. The summed E-state index contributed by atoms with van der Waals surface area (Å²) in [5, 5.41) is 0. The number of ether oxygens (including phenoxy) is 1. The zero-order valence-corrected chi connectivity index (χ0v) is 8.66. The van der Waals surface area contributed by atoms with Crippen LogP contribution >= 0.6 is 0 Å². The molecule has 4 saturated carbocycles. The van der Waals surface area contributed by atoms with Crippen molar-refractivity contribution in [2.75, 3.05) is 0 Å². The van der Waals surface area contributed by atoms with Crippen LogP contribution in [0.5, 0.6) is 0 Å². The number of hydrogen-bond donors (Lipinski definition) is 1. The number of alkyl halides is 2. The van der Waals surface area contributed by atoms with E-state index in [0.29, 0.717) is 17.8 Å². The highest BCUT2D eigenvalue weighted by Crippen LogP contribution is 2.56. The first kappa shape index (κ1) is 9.97. The van der Waals surface area contributed by atoms with Crippen molar-refractivity contribution in [3.8, 4) is 0 Å². The molecule has 4 aliphatic carbocycles. The normalized spacial score (nSPS) is 52.8. The molecule has 0 aliphatic heterocycles. The van der Waals surface area contributed by atoms with Crippen molar-refractivity contribution in [3.05, 3.63) is 0 Å². The largest absolute Gasteiger partial charge is 0.345 e. The molecule has 0 spiro atoms. The Labute approximate surface area is 88.2 Å². The van der Waals surface area contributed by atoms with E-state index < -0.39 is 12.2 Å². The van der Waals surface area contributed by atoms with Crippen molar-refractivity contribution >= 4 is 0 Å². The predicted molar refractivity (Wildman–Crippen MR) is 51.4 cm³/mol. The highest BCUT2D eigenvalue weighted by molar-refractivity contribution is 5.07. The molecule has 2 N–H and O–H groups in total. The maximum absolute atomic E-state index is 12.4. The molecular weight excluding hydrogens is 200 g/mol. The molecule has 2 atom stereocenters. The maximum atomic E-state index is 12.4. The van der Waals surface area contributed by atoms with Gasteiger partial charge < -0.3 is 10.5 Å². The number of nitrogens with two attached hydrogens (primary N) is 1. The average molecular weight is 217 g/mol. The van der Waals surface area contributed by atoms with E-state index >= 15 is 0 Å². The van der Waals surface area contributed by atoms with Gasteiger partial charge in [0.25, 0.3) is 0 Å². The van der Waals surface area contributed by atoms with Crippen LogP contribution in [0, 0.1) is 17.8 Å². The van der Waals surface area contributed by atoms with Gasteiger partial charge in [-0.05, 0) is 49.9 Å². The molecule has 0 aromatic rings. The first-order valence-corrected chi connectivity index (χ1v) is 5.79. The van der Waals surface area contributed by atoms with Crippen LogP contribution in [-0.2, 0) is 4.74 Å². The molecule has 0 radical (unpaired) electrons. The van der Waals surface area contributed by atoms with Gasteiger partial charge >= 0.3 is 6.61 Å². The molecule has 4 aliphatic rings. The summed E-state index contributed by atoms with van der Waals surface area (Å²) in [4.78, 5) is 0. The second kappa shape index (κ2) is 3.14. The Kier molecular flexibility index (Phi) is 2.09. The smallest absolute Gasteiger partial charge is 0.327 e. The molecule has 0 heterocycles. The first-order valence-electron chi connectivity index (χ1n) is 5.79. The standard InChI is InChI=1S/C11H17F2NO/c12-10(13)15-11-3-6-1-7(4-11)9(14)8(2-6)5-11/h6-10H,1-5,14H2. The minimum absolute atomic E-state index is 0.232. The van der Waals surface area contributed by atoms with Gasteiger partial charge in [0.2, 0.25) is 0 Å². The number of halogens is 2. The molecular formula is C11H17F2NO. The zero-order valence-electron chi connectivity index (χ0n) is 8.66. The van der Waals surface area contributed by atoms with E-state index in [1.807, 2.05) is 0 Å². The Bertz CT molecular complexity index is 251. The quantitative estimate of drug-likeness (QED) is 0.769. The molecule has 15 heavy (non-hydrogen) atoms. The van der Waals surface area contributed by atoms with Gasteiger partial charge in [0.05, 0.1) is 5.60 Å². The lowest BCUT2D eigenvalue weighted by Gasteiger charge is -2.58. The van der Waals surface area contributed by atoms with Gasteiger partial charge in [-0.1, -0.05) is 0 Å². The zero-order chi connectivity index (χ0) is 10.6. The van der Waals surface area contributed by atoms with Crippen molar-refractivity contribution in [2.24, 2.45) is 23.5 Å². The van der Waals surface area contributed by atoms with Gasteiger partial charge in [0.1, 0.15) is 0 Å². The minimum Gasteiger partial charge on any atom is -0.327 e. The molecule has 0 aromatic heterocycles. The molecule has 2 nitrogen and oxygen atoms in total. The van der Waals surface area contributed by atoms with E-state index in [1.165, 1.54) is 0 Å². The third-order valence-electron chi connectivity index (χ3n) is 4.63. The van der Waals surface area contributed by atoms with Crippen LogP contribution in [-0.4, -0.2) is 18.3 Å². The summed E-state index contributed by atoms with van der Waals surface area (Å²) in [6, 6.07) is 0.232. The van der Waals surface area contributed by atoms with Gasteiger partial charge in [0.15, 0.2) is 0 Å². The van der Waals surface area contributed by atoms with E-state index in [-0.39, 0.29) is 6.04 Å². The topological polar surface area (TPSA) is 35.2 Å². The Morgan fingerprint density at radius 2 is 1.73 bits per heavy atom. The van der Waals surface area contributed by atoms with Gasteiger partial charge in [-0.15, -0.1) is 0 Å². The van der Waals surface area contributed by atoms with E-state index in [0.717, 1.165) is 32.1 Å². The molecule has 4 heteroatoms. The highest BCUT2D eigenvalue weighted by atomic mass is 19.3. The summed E-state index contributed by atoms with van der Waals surface area (Å²) in [6.07, 6.45) is 4.60. The molecule has 4 fully saturated rings. The molecule has 4 bridgehead atoms. The van der Waals surface area contributed by atoms with Crippen molar-refractivity contribution < 1.29 is 13.5 Å². The highest BCUT2D eigenvalue weighted by Gasteiger charge is 2.55. The molecule has 2 unspecified atom stereocenters. The van der Waals surface area contributed by atoms with Crippen molar-refractivity contribution in [2.45, 2.75) is 50.4 Å². The Balaban J connectivity index is 1.83. The van der Waals surface area contributed by atoms with Crippen molar-refractivity contribution in [3.63, 3.8) is 0 Å². The fourth-order valence-corrected chi connectivity index (χ4v) is 4.32. The SMILES string of the molecule is NC1C2CC3CC1CC(OC(F)F)(C3)C2. The molecule has 86 valence electrons. The molecule has 0 amide bonds. The second-order valence-corrected chi connectivity index (χ2v) is 5.61. The van der Waals surface area contributed by atoms with Crippen LogP contribution in [0.4, 0.5) is 8.78 Å². The third kappa shape index (κ3) is 1.49. The summed E-state index contributed by atoms with van der Waals surface area (Å²) in [7, 11) is 0. The monoisotopic (exact) mass is 217 g/mol. The Morgan fingerprint density at radius 1 is 1.13 bits per heavy atom. The number of hydrogen-bond acceptors (Lipinski definition) is 2. The molecule has 0 aromatic carbocycles. The molecule has 0 saturated heterocycles. The molecule has 4 rings (SSSR count). The summed E-state index contributed by atoms with van der Waals surface area (Å²) in [5.41, 5.74) is 5.59. The summed E-state index contributed by atoms with van der Waals surface area (Å²) < 4.78 is 29.7. The van der Waals surface area contributed by atoms with Gasteiger partial charge in [-0.25, -0.2) is 0 Å². The summed E-state index contributed by atoms with van der Waals surface area (Å²) in [5.74, 6) is 1.44. The summed E-state index contributed by atoms with van der Waals surface area (Å²) in [6.45, 7) is -2.63. The fraction of sp³-hybridized carbons (Fsp3) is 1.00. The average Bonchev–Trinajstić information content (AvgIpc) is 2.10. The van der Waals surface area contributed by atoms with Crippen LogP contribution in [0.25, 0.3) is 0 Å². The third-order valence-corrected chi connectivity index (χ3v) is 4.63. The van der Waals surface area contributed by atoms with E-state index in [4.69, 9.17) is 10.5 Å².